The Morgan fingerprint density at radius 1 is 1.50 bits per heavy atom. The highest BCUT2D eigenvalue weighted by Gasteiger charge is 2.25. The van der Waals surface area contributed by atoms with Crippen molar-refractivity contribution in [2.45, 2.75) is 19.4 Å². The van der Waals surface area contributed by atoms with Crippen LogP contribution >= 0.6 is 0 Å². The van der Waals surface area contributed by atoms with Crippen LogP contribution in [0.3, 0.4) is 0 Å². The van der Waals surface area contributed by atoms with Crippen LogP contribution in [-0.4, -0.2) is 25.4 Å². The first-order valence-corrected chi connectivity index (χ1v) is 5.27. The summed E-state index contributed by atoms with van der Waals surface area (Å²) in [7, 11) is 1.42. The van der Waals surface area contributed by atoms with Gasteiger partial charge in [-0.25, -0.2) is 4.39 Å². The highest BCUT2D eigenvalue weighted by molar-refractivity contribution is 5.33. The summed E-state index contributed by atoms with van der Waals surface area (Å²) in [6.07, 6.45) is 0. The van der Waals surface area contributed by atoms with Crippen LogP contribution in [0.25, 0.3) is 0 Å². The zero-order chi connectivity index (χ0) is 12.2. The number of nitrogens with one attached hydrogen (secondary N) is 1. The fraction of sp³-hybridized carbons (Fsp3) is 0.500. The highest BCUT2D eigenvalue weighted by Crippen LogP contribution is 2.25. The van der Waals surface area contributed by atoms with Crippen LogP contribution in [0.1, 0.15) is 19.4 Å². The molecule has 2 N–H and O–H groups in total. The number of aliphatic hydroxyl groups excluding tert-OH is 1. The van der Waals surface area contributed by atoms with Gasteiger partial charge in [-0.15, -0.1) is 0 Å². The summed E-state index contributed by atoms with van der Waals surface area (Å²) in [6, 6.07) is 4.70. The van der Waals surface area contributed by atoms with E-state index in [1.165, 1.54) is 13.2 Å². The van der Waals surface area contributed by atoms with Gasteiger partial charge in [0.1, 0.15) is 0 Å². The van der Waals surface area contributed by atoms with Crippen molar-refractivity contribution in [3.8, 4) is 5.75 Å². The standard InChI is InChI=1S/C12H18FNO2/c1-4-14-12(2,8-15)9-5-6-11(16-3)10(13)7-9/h5-7,14-15H,4,8H2,1-3H3. The molecule has 4 heteroatoms. The molecule has 0 spiro atoms. The van der Waals surface area contributed by atoms with Gasteiger partial charge in [-0.05, 0) is 31.2 Å². The van der Waals surface area contributed by atoms with Gasteiger partial charge in [0.15, 0.2) is 11.6 Å². The third-order valence-electron chi connectivity index (χ3n) is 2.67. The zero-order valence-electron chi connectivity index (χ0n) is 9.88. The molecule has 0 fully saturated rings. The van der Waals surface area contributed by atoms with Crippen LogP contribution in [0, 0.1) is 5.82 Å². The number of ether oxygens (including phenoxy) is 1. The fourth-order valence-corrected chi connectivity index (χ4v) is 1.65. The summed E-state index contributed by atoms with van der Waals surface area (Å²) in [5.74, 6) is -0.210. The van der Waals surface area contributed by atoms with Crippen molar-refractivity contribution in [2.24, 2.45) is 0 Å². The average molecular weight is 227 g/mol. The molecule has 0 saturated heterocycles. The van der Waals surface area contributed by atoms with E-state index in [0.717, 1.165) is 0 Å². The lowest BCUT2D eigenvalue weighted by Crippen LogP contribution is -2.42. The van der Waals surface area contributed by atoms with Crippen molar-refractivity contribution in [3.05, 3.63) is 29.6 Å². The summed E-state index contributed by atoms with van der Waals surface area (Å²) < 4.78 is 18.4. The van der Waals surface area contributed by atoms with Crippen LogP contribution in [0.15, 0.2) is 18.2 Å². The lowest BCUT2D eigenvalue weighted by atomic mass is 9.92. The summed E-state index contributed by atoms with van der Waals surface area (Å²) in [5.41, 5.74) is 0.0807. The Kier molecular flexibility index (Phi) is 4.26. The Bertz CT molecular complexity index is 357. The van der Waals surface area contributed by atoms with E-state index in [9.17, 15) is 9.50 Å². The molecule has 1 unspecified atom stereocenters. The molecule has 0 aliphatic rings. The van der Waals surface area contributed by atoms with E-state index in [-0.39, 0.29) is 12.4 Å². The van der Waals surface area contributed by atoms with Gasteiger partial charge in [0, 0.05) is 0 Å². The maximum Gasteiger partial charge on any atom is 0.165 e. The number of halogens is 1. The minimum atomic E-state index is -0.623. The quantitative estimate of drug-likeness (QED) is 0.803. The van der Waals surface area contributed by atoms with Crippen LogP contribution in [0.2, 0.25) is 0 Å². The molecule has 0 aliphatic heterocycles. The molecule has 1 rings (SSSR count). The van der Waals surface area contributed by atoms with E-state index in [1.807, 2.05) is 13.8 Å². The second-order valence-electron chi connectivity index (χ2n) is 3.87. The molecule has 0 radical (unpaired) electrons. The number of benzene rings is 1. The van der Waals surface area contributed by atoms with E-state index < -0.39 is 11.4 Å². The molecule has 0 saturated carbocycles. The van der Waals surface area contributed by atoms with Crippen LogP contribution in [0.5, 0.6) is 5.75 Å². The summed E-state index contributed by atoms with van der Waals surface area (Å²) in [5, 5.41) is 12.5. The molecule has 0 amide bonds. The van der Waals surface area contributed by atoms with Crippen LogP contribution in [-0.2, 0) is 5.54 Å². The van der Waals surface area contributed by atoms with Crippen molar-refractivity contribution < 1.29 is 14.2 Å². The van der Waals surface area contributed by atoms with Gasteiger partial charge < -0.3 is 15.2 Å². The van der Waals surface area contributed by atoms with Crippen LogP contribution in [0.4, 0.5) is 4.39 Å². The topological polar surface area (TPSA) is 41.5 Å². The van der Waals surface area contributed by atoms with E-state index in [0.29, 0.717) is 12.1 Å². The Hall–Kier alpha value is -1.13. The molecule has 90 valence electrons. The first-order valence-electron chi connectivity index (χ1n) is 5.27. The predicted molar refractivity (Wildman–Crippen MR) is 61.1 cm³/mol. The molecular formula is C12H18FNO2. The third-order valence-corrected chi connectivity index (χ3v) is 2.67. The predicted octanol–water partition coefficient (Wildman–Crippen LogP) is 1.65. The molecule has 0 aliphatic carbocycles. The number of likely N-dealkylation sites (N-methyl/N-ethyl adjacent to an activating group) is 1. The molecule has 1 aromatic rings. The molecule has 3 nitrogen and oxygen atoms in total. The SMILES string of the molecule is CCNC(C)(CO)c1ccc(OC)c(F)c1. The largest absolute Gasteiger partial charge is 0.494 e. The molecular weight excluding hydrogens is 209 g/mol. The Morgan fingerprint density at radius 3 is 2.62 bits per heavy atom. The van der Waals surface area contributed by atoms with E-state index in [4.69, 9.17) is 4.74 Å². The second kappa shape index (κ2) is 5.27. The number of methoxy groups -OCH3 is 1. The Morgan fingerprint density at radius 2 is 2.19 bits per heavy atom. The van der Waals surface area contributed by atoms with E-state index in [2.05, 4.69) is 5.32 Å². The lowest BCUT2D eigenvalue weighted by Gasteiger charge is -2.29. The van der Waals surface area contributed by atoms with Gasteiger partial charge in [0.05, 0.1) is 19.3 Å². The molecule has 0 aromatic heterocycles. The molecule has 0 heterocycles. The van der Waals surface area contributed by atoms with Crippen molar-refractivity contribution in [3.63, 3.8) is 0 Å². The number of aliphatic hydroxyl groups is 1. The van der Waals surface area contributed by atoms with Gasteiger partial charge >= 0.3 is 0 Å². The van der Waals surface area contributed by atoms with Gasteiger partial charge in [0.25, 0.3) is 0 Å². The van der Waals surface area contributed by atoms with Crippen molar-refractivity contribution >= 4 is 0 Å². The highest BCUT2D eigenvalue weighted by atomic mass is 19.1. The monoisotopic (exact) mass is 227 g/mol. The van der Waals surface area contributed by atoms with Crippen molar-refractivity contribution in [2.75, 3.05) is 20.3 Å². The van der Waals surface area contributed by atoms with Gasteiger partial charge in [0.2, 0.25) is 0 Å². The molecule has 1 aromatic carbocycles. The molecule has 1 atom stereocenters. The lowest BCUT2D eigenvalue weighted by molar-refractivity contribution is 0.177. The van der Waals surface area contributed by atoms with Crippen LogP contribution < -0.4 is 10.1 Å². The number of hydrogen-bond acceptors (Lipinski definition) is 3. The normalized spacial score (nSPS) is 14.6. The summed E-state index contributed by atoms with van der Waals surface area (Å²) in [4.78, 5) is 0. The van der Waals surface area contributed by atoms with Gasteiger partial charge in [-0.1, -0.05) is 13.0 Å². The summed E-state index contributed by atoms with van der Waals surface area (Å²) in [6.45, 7) is 4.38. The third kappa shape index (κ3) is 2.51. The van der Waals surface area contributed by atoms with Crippen molar-refractivity contribution in [1.82, 2.24) is 5.32 Å². The average Bonchev–Trinajstić information content (AvgIpc) is 2.29. The first-order chi connectivity index (χ1) is 7.57. The summed E-state index contributed by atoms with van der Waals surface area (Å²) >= 11 is 0. The van der Waals surface area contributed by atoms with E-state index in [1.54, 1.807) is 12.1 Å². The first kappa shape index (κ1) is 12.9. The maximum atomic E-state index is 13.5. The number of hydrogen-bond donors (Lipinski definition) is 2. The van der Waals surface area contributed by atoms with E-state index >= 15 is 0 Å². The minimum Gasteiger partial charge on any atom is -0.494 e. The Balaban J connectivity index is 3.07. The fourth-order valence-electron chi connectivity index (χ4n) is 1.65. The number of rotatable bonds is 5. The second-order valence-corrected chi connectivity index (χ2v) is 3.87. The van der Waals surface area contributed by atoms with Gasteiger partial charge in [-0.3, -0.25) is 0 Å². The zero-order valence-corrected chi connectivity index (χ0v) is 9.88. The maximum absolute atomic E-state index is 13.5. The Labute approximate surface area is 95.2 Å². The van der Waals surface area contributed by atoms with Gasteiger partial charge in [-0.2, -0.15) is 0 Å². The molecule has 16 heavy (non-hydrogen) atoms. The van der Waals surface area contributed by atoms with Crippen molar-refractivity contribution in [1.29, 1.82) is 0 Å². The molecule has 0 bridgehead atoms. The minimum absolute atomic E-state index is 0.0907. The smallest absolute Gasteiger partial charge is 0.165 e.